The molecule has 0 bridgehead atoms. The smallest absolute Gasteiger partial charge is 0.0606 e. The topological polar surface area (TPSA) is 21.3 Å². The van der Waals surface area contributed by atoms with E-state index in [2.05, 4.69) is 48.7 Å². The minimum Gasteiger partial charge on any atom is -0.383 e. The van der Waals surface area contributed by atoms with Gasteiger partial charge in [0.1, 0.15) is 0 Å². The summed E-state index contributed by atoms with van der Waals surface area (Å²) in [4.78, 5) is 0. The normalized spacial score (nSPS) is 21.8. The SMILES string of the molecule is CCCNCC1(COC)C=Cc2ccccc21. The largest absolute Gasteiger partial charge is 0.383 e. The molecule has 1 aliphatic rings. The number of benzene rings is 1. The number of fused-ring (bicyclic) bond motifs is 1. The van der Waals surface area contributed by atoms with E-state index < -0.39 is 0 Å². The van der Waals surface area contributed by atoms with Gasteiger partial charge in [0, 0.05) is 19.1 Å². The lowest BCUT2D eigenvalue weighted by atomic mass is 9.83. The summed E-state index contributed by atoms with van der Waals surface area (Å²) < 4.78 is 5.43. The highest BCUT2D eigenvalue weighted by Crippen LogP contribution is 2.35. The number of hydrogen-bond donors (Lipinski definition) is 1. The van der Waals surface area contributed by atoms with Crippen LogP contribution in [0.3, 0.4) is 0 Å². The van der Waals surface area contributed by atoms with E-state index in [-0.39, 0.29) is 5.41 Å². The third kappa shape index (κ3) is 2.43. The second-order valence-electron chi connectivity index (χ2n) is 4.69. The Morgan fingerprint density at radius 1 is 1.29 bits per heavy atom. The quantitative estimate of drug-likeness (QED) is 0.760. The molecule has 2 rings (SSSR count). The van der Waals surface area contributed by atoms with Gasteiger partial charge >= 0.3 is 0 Å². The second kappa shape index (κ2) is 5.48. The van der Waals surface area contributed by atoms with Gasteiger partial charge in [0.15, 0.2) is 0 Å². The molecule has 1 unspecified atom stereocenters. The van der Waals surface area contributed by atoms with Crippen LogP contribution in [0.1, 0.15) is 24.5 Å². The Kier molecular flexibility index (Phi) is 3.97. The van der Waals surface area contributed by atoms with Crippen molar-refractivity contribution in [1.29, 1.82) is 0 Å². The van der Waals surface area contributed by atoms with Crippen LogP contribution < -0.4 is 5.32 Å². The van der Waals surface area contributed by atoms with Gasteiger partial charge in [-0.05, 0) is 24.1 Å². The summed E-state index contributed by atoms with van der Waals surface area (Å²) in [6.07, 6.45) is 5.65. The zero-order valence-corrected chi connectivity index (χ0v) is 10.7. The van der Waals surface area contributed by atoms with E-state index in [9.17, 15) is 0 Å². The van der Waals surface area contributed by atoms with Crippen LogP contribution in [0.2, 0.25) is 0 Å². The van der Waals surface area contributed by atoms with E-state index >= 15 is 0 Å². The summed E-state index contributed by atoms with van der Waals surface area (Å²) in [6.45, 7) is 4.93. The fourth-order valence-corrected chi connectivity index (χ4v) is 2.51. The van der Waals surface area contributed by atoms with Crippen molar-refractivity contribution in [3.05, 3.63) is 41.5 Å². The van der Waals surface area contributed by atoms with Crippen LogP contribution in [-0.4, -0.2) is 26.8 Å². The van der Waals surface area contributed by atoms with Crippen LogP contribution in [0.25, 0.3) is 6.08 Å². The molecule has 1 aliphatic carbocycles. The Morgan fingerprint density at radius 2 is 2.12 bits per heavy atom. The van der Waals surface area contributed by atoms with E-state index in [1.54, 1.807) is 7.11 Å². The van der Waals surface area contributed by atoms with Crippen LogP contribution in [0, 0.1) is 0 Å². The van der Waals surface area contributed by atoms with E-state index in [0.717, 1.165) is 26.1 Å². The van der Waals surface area contributed by atoms with Gasteiger partial charge in [-0.15, -0.1) is 0 Å². The molecule has 17 heavy (non-hydrogen) atoms. The van der Waals surface area contributed by atoms with E-state index in [1.165, 1.54) is 11.1 Å². The fourth-order valence-electron chi connectivity index (χ4n) is 2.51. The summed E-state index contributed by atoms with van der Waals surface area (Å²) in [5.74, 6) is 0. The molecule has 0 saturated carbocycles. The van der Waals surface area contributed by atoms with Gasteiger partial charge in [0.05, 0.1) is 6.61 Å². The van der Waals surface area contributed by atoms with E-state index in [4.69, 9.17) is 4.74 Å². The van der Waals surface area contributed by atoms with Gasteiger partial charge in [0.2, 0.25) is 0 Å². The first-order valence-electron chi connectivity index (χ1n) is 6.31. The van der Waals surface area contributed by atoms with Gasteiger partial charge < -0.3 is 10.1 Å². The minimum atomic E-state index is 0.0144. The van der Waals surface area contributed by atoms with Crippen LogP contribution in [0.5, 0.6) is 0 Å². The van der Waals surface area contributed by atoms with Gasteiger partial charge in [-0.25, -0.2) is 0 Å². The average molecular weight is 231 g/mol. The van der Waals surface area contributed by atoms with Crippen LogP contribution >= 0.6 is 0 Å². The predicted molar refractivity (Wildman–Crippen MR) is 72.2 cm³/mol. The number of hydrogen-bond acceptors (Lipinski definition) is 2. The van der Waals surface area contributed by atoms with Crippen molar-refractivity contribution in [3.63, 3.8) is 0 Å². The fraction of sp³-hybridized carbons (Fsp3) is 0.467. The first kappa shape index (κ1) is 12.3. The van der Waals surface area contributed by atoms with Gasteiger partial charge in [0.25, 0.3) is 0 Å². The molecule has 0 saturated heterocycles. The maximum atomic E-state index is 5.43. The molecule has 1 N–H and O–H groups in total. The number of nitrogens with one attached hydrogen (secondary N) is 1. The van der Waals surface area contributed by atoms with Crippen molar-refractivity contribution in [1.82, 2.24) is 5.32 Å². The lowest BCUT2D eigenvalue weighted by Gasteiger charge is -2.29. The molecular formula is C15H21NO. The molecule has 0 amide bonds. The van der Waals surface area contributed by atoms with E-state index in [0.29, 0.717) is 0 Å². The molecule has 0 heterocycles. The maximum Gasteiger partial charge on any atom is 0.0606 e. The van der Waals surface area contributed by atoms with E-state index in [1.807, 2.05) is 0 Å². The molecule has 1 aromatic rings. The first-order valence-corrected chi connectivity index (χ1v) is 6.31. The highest BCUT2D eigenvalue weighted by molar-refractivity contribution is 5.65. The molecule has 1 atom stereocenters. The molecule has 92 valence electrons. The Bertz CT molecular complexity index is 400. The molecule has 0 aliphatic heterocycles. The minimum absolute atomic E-state index is 0.0144. The molecule has 0 aromatic heterocycles. The van der Waals surface area contributed by atoms with Crippen LogP contribution in [0.15, 0.2) is 30.3 Å². The number of methoxy groups -OCH3 is 1. The molecule has 2 nitrogen and oxygen atoms in total. The van der Waals surface area contributed by atoms with Gasteiger partial charge in [-0.1, -0.05) is 43.3 Å². The third-order valence-corrected chi connectivity index (χ3v) is 3.35. The van der Waals surface area contributed by atoms with Crippen LogP contribution in [-0.2, 0) is 10.2 Å². The zero-order valence-electron chi connectivity index (χ0n) is 10.7. The van der Waals surface area contributed by atoms with Crippen molar-refractivity contribution in [2.24, 2.45) is 0 Å². The second-order valence-corrected chi connectivity index (χ2v) is 4.69. The first-order chi connectivity index (χ1) is 8.32. The Balaban J connectivity index is 2.21. The van der Waals surface area contributed by atoms with Crippen molar-refractivity contribution >= 4 is 6.08 Å². The lowest BCUT2D eigenvalue weighted by Crippen LogP contribution is -2.39. The van der Waals surface area contributed by atoms with Crippen molar-refractivity contribution in [2.75, 3.05) is 26.8 Å². The Labute approximate surface area is 104 Å². The number of ether oxygens (including phenoxy) is 1. The van der Waals surface area contributed by atoms with Crippen molar-refractivity contribution < 1.29 is 4.74 Å². The summed E-state index contributed by atoms with van der Waals surface area (Å²) in [5, 5.41) is 3.51. The highest BCUT2D eigenvalue weighted by Gasteiger charge is 2.34. The van der Waals surface area contributed by atoms with Crippen molar-refractivity contribution in [2.45, 2.75) is 18.8 Å². The maximum absolute atomic E-state index is 5.43. The Morgan fingerprint density at radius 3 is 2.88 bits per heavy atom. The molecule has 1 aromatic carbocycles. The standard InChI is InChI=1S/C15H21NO/c1-3-10-16-11-15(12-17-2)9-8-13-6-4-5-7-14(13)15/h4-9,16H,3,10-12H2,1-2H3. The summed E-state index contributed by atoms with van der Waals surface area (Å²) in [6, 6.07) is 8.58. The summed E-state index contributed by atoms with van der Waals surface area (Å²) in [5.41, 5.74) is 2.72. The molecule has 2 heteroatoms. The Hall–Kier alpha value is -1.12. The monoisotopic (exact) mass is 231 g/mol. The lowest BCUT2D eigenvalue weighted by molar-refractivity contribution is 0.151. The summed E-state index contributed by atoms with van der Waals surface area (Å²) in [7, 11) is 1.77. The van der Waals surface area contributed by atoms with Crippen LogP contribution in [0.4, 0.5) is 0 Å². The average Bonchev–Trinajstić information content (AvgIpc) is 2.71. The van der Waals surface area contributed by atoms with Gasteiger partial charge in [-0.3, -0.25) is 0 Å². The molecule has 0 spiro atoms. The highest BCUT2D eigenvalue weighted by atomic mass is 16.5. The van der Waals surface area contributed by atoms with Gasteiger partial charge in [-0.2, -0.15) is 0 Å². The summed E-state index contributed by atoms with van der Waals surface area (Å²) >= 11 is 0. The molecule has 0 radical (unpaired) electrons. The van der Waals surface area contributed by atoms with Crippen molar-refractivity contribution in [3.8, 4) is 0 Å². The third-order valence-electron chi connectivity index (χ3n) is 3.35. The molecular weight excluding hydrogens is 210 g/mol. The predicted octanol–water partition coefficient (Wildman–Crippen LogP) is 2.60. The number of rotatable bonds is 6. The zero-order chi connectivity index (χ0) is 12.1. The molecule has 0 fully saturated rings.